The molecule has 0 fully saturated rings. The number of hydrogen-bond acceptors (Lipinski definition) is 5. The van der Waals surface area contributed by atoms with Crippen LogP contribution in [-0.4, -0.2) is 25.7 Å². The van der Waals surface area contributed by atoms with Gasteiger partial charge in [0.1, 0.15) is 5.58 Å². The Labute approximate surface area is 101 Å². The molecule has 0 radical (unpaired) electrons. The van der Waals surface area contributed by atoms with Gasteiger partial charge in [0.25, 0.3) is 0 Å². The zero-order chi connectivity index (χ0) is 13.5. The molecule has 0 bridgehead atoms. The van der Waals surface area contributed by atoms with E-state index in [1.54, 1.807) is 0 Å². The van der Waals surface area contributed by atoms with Gasteiger partial charge in [-0.2, -0.15) is 0 Å². The summed E-state index contributed by atoms with van der Waals surface area (Å²) in [4.78, 5) is 22.3. The monoisotopic (exact) mass is 268 g/mol. The zero-order valence-corrected chi connectivity index (χ0v) is 10.0. The van der Waals surface area contributed by atoms with Gasteiger partial charge in [0.2, 0.25) is 5.76 Å². The van der Waals surface area contributed by atoms with Crippen molar-refractivity contribution in [1.29, 1.82) is 0 Å². The highest BCUT2D eigenvalue weighted by atomic mass is 32.2. The summed E-state index contributed by atoms with van der Waals surface area (Å²) in [5.41, 5.74) is -0.563. The quantitative estimate of drug-likeness (QED) is 0.868. The zero-order valence-electron chi connectivity index (χ0n) is 9.21. The second-order valence-corrected chi connectivity index (χ2v) is 5.73. The van der Waals surface area contributed by atoms with E-state index in [0.717, 1.165) is 12.3 Å². The fourth-order valence-corrected chi connectivity index (χ4v) is 2.12. The third kappa shape index (κ3) is 2.12. The summed E-state index contributed by atoms with van der Waals surface area (Å²) in [6.07, 6.45) is 1.02. The fourth-order valence-electron chi connectivity index (χ4n) is 1.47. The minimum Gasteiger partial charge on any atom is -0.475 e. The summed E-state index contributed by atoms with van der Waals surface area (Å²) >= 11 is 0. The van der Waals surface area contributed by atoms with Crippen molar-refractivity contribution in [2.75, 3.05) is 6.26 Å². The highest BCUT2D eigenvalue weighted by Gasteiger charge is 2.13. The molecular formula is C11H8O6S. The van der Waals surface area contributed by atoms with Gasteiger partial charge in [0.15, 0.2) is 15.3 Å². The van der Waals surface area contributed by atoms with Crippen molar-refractivity contribution >= 4 is 26.8 Å². The van der Waals surface area contributed by atoms with Crippen molar-refractivity contribution in [3.8, 4) is 0 Å². The van der Waals surface area contributed by atoms with Gasteiger partial charge < -0.3 is 9.52 Å². The molecule has 0 aliphatic rings. The van der Waals surface area contributed by atoms with E-state index < -0.39 is 27.0 Å². The van der Waals surface area contributed by atoms with Crippen molar-refractivity contribution in [2.45, 2.75) is 4.90 Å². The molecule has 7 heteroatoms. The SMILES string of the molecule is CS(=O)(=O)c1ccc2oc(C(=O)O)cc(=O)c2c1. The number of rotatable bonds is 2. The molecule has 18 heavy (non-hydrogen) atoms. The molecule has 1 aromatic carbocycles. The molecule has 0 saturated carbocycles. The van der Waals surface area contributed by atoms with Gasteiger partial charge in [0.05, 0.1) is 10.3 Å². The van der Waals surface area contributed by atoms with E-state index in [9.17, 15) is 18.0 Å². The molecule has 94 valence electrons. The topological polar surface area (TPSA) is 102 Å². The Kier molecular flexibility index (Phi) is 2.70. The number of carboxylic acids is 1. The average Bonchev–Trinajstić information content (AvgIpc) is 2.27. The van der Waals surface area contributed by atoms with E-state index in [1.807, 2.05) is 0 Å². The largest absolute Gasteiger partial charge is 0.475 e. The van der Waals surface area contributed by atoms with Crippen LogP contribution in [-0.2, 0) is 9.84 Å². The Morgan fingerprint density at radius 1 is 1.28 bits per heavy atom. The summed E-state index contributed by atoms with van der Waals surface area (Å²) in [6, 6.07) is 4.50. The predicted octanol–water partition coefficient (Wildman–Crippen LogP) is 0.895. The van der Waals surface area contributed by atoms with E-state index in [0.29, 0.717) is 0 Å². The molecular weight excluding hydrogens is 260 g/mol. The highest BCUT2D eigenvalue weighted by Crippen LogP contribution is 2.17. The molecule has 1 heterocycles. The first kappa shape index (κ1) is 12.3. The van der Waals surface area contributed by atoms with Gasteiger partial charge in [0, 0.05) is 12.3 Å². The number of sulfone groups is 1. The average molecular weight is 268 g/mol. The van der Waals surface area contributed by atoms with Crippen LogP contribution in [0.1, 0.15) is 10.6 Å². The van der Waals surface area contributed by atoms with Gasteiger partial charge in [-0.25, -0.2) is 13.2 Å². The molecule has 0 amide bonds. The van der Waals surface area contributed by atoms with Crippen LogP contribution in [0.25, 0.3) is 11.0 Å². The van der Waals surface area contributed by atoms with Crippen LogP contribution in [0.4, 0.5) is 0 Å². The van der Waals surface area contributed by atoms with Gasteiger partial charge in [-0.3, -0.25) is 4.79 Å². The summed E-state index contributed by atoms with van der Waals surface area (Å²) < 4.78 is 27.6. The Bertz CT molecular complexity index is 800. The molecule has 0 saturated heterocycles. The van der Waals surface area contributed by atoms with Crippen LogP contribution < -0.4 is 5.43 Å². The molecule has 1 N–H and O–H groups in total. The second kappa shape index (κ2) is 3.95. The lowest BCUT2D eigenvalue weighted by atomic mass is 10.2. The van der Waals surface area contributed by atoms with Crippen molar-refractivity contribution < 1.29 is 22.7 Å². The fraction of sp³-hybridized carbons (Fsp3) is 0.0909. The van der Waals surface area contributed by atoms with Gasteiger partial charge >= 0.3 is 5.97 Å². The van der Waals surface area contributed by atoms with Crippen LogP contribution in [0, 0.1) is 0 Å². The number of aromatic carboxylic acids is 1. The van der Waals surface area contributed by atoms with Crippen LogP contribution in [0.2, 0.25) is 0 Å². The maximum Gasteiger partial charge on any atom is 0.371 e. The Morgan fingerprint density at radius 2 is 1.94 bits per heavy atom. The summed E-state index contributed by atoms with van der Waals surface area (Å²) in [5.74, 6) is -1.85. The maximum absolute atomic E-state index is 11.7. The first-order valence-electron chi connectivity index (χ1n) is 4.80. The van der Waals surface area contributed by atoms with Gasteiger partial charge in [-0.1, -0.05) is 0 Å². The number of fused-ring (bicyclic) bond motifs is 1. The lowest BCUT2D eigenvalue weighted by molar-refractivity contribution is 0.0663. The van der Waals surface area contributed by atoms with Crippen molar-refractivity contribution in [3.63, 3.8) is 0 Å². The third-order valence-electron chi connectivity index (χ3n) is 2.34. The van der Waals surface area contributed by atoms with Crippen LogP contribution in [0.3, 0.4) is 0 Å². The lowest BCUT2D eigenvalue weighted by Gasteiger charge is -2.01. The Balaban J connectivity index is 2.82. The molecule has 6 nitrogen and oxygen atoms in total. The molecule has 0 spiro atoms. The van der Waals surface area contributed by atoms with E-state index >= 15 is 0 Å². The molecule has 0 aliphatic heterocycles. The second-order valence-electron chi connectivity index (χ2n) is 3.71. The summed E-state index contributed by atoms with van der Waals surface area (Å²) in [6.45, 7) is 0. The molecule has 0 atom stereocenters. The minimum absolute atomic E-state index is 0.0228. The molecule has 0 unspecified atom stereocenters. The third-order valence-corrected chi connectivity index (χ3v) is 3.45. The van der Waals surface area contributed by atoms with Crippen molar-refractivity contribution in [3.05, 3.63) is 40.2 Å². The minimum atomic E-state index is -3.43. The van der Waals surface area contributed by atoms with Crippen LogP contribution in [0.5, 0.6) is 0 Å². The van der Waals surface area contributed by atoms with Crippen LogP contribution in [0.15, 0.2) is 38.4 Å². The number of carbonyl (C=O) groups is 1. The first-order chi connectivity index (χ1) is 8.29. The number of benzene rings is 1. The summed E-state index contributed by atoms with van der Waals surface area (Å²) in [7, 11) is -3.43. The van der Waals surface area contributed by atoms with Gasteiger partial charge in [-0.15, -0.1) is 0 Å². The van der Waals surface area contributed by atoms with Gasteiger partial charge in [-0.05, 0) is 18.2 Å². The van der Waals surface area contributed by atoms with E-state index in [-0.39, 0.29) is 15.9 Å². The smallest absolute Gasteiger partial charge is 0.371 e. The first-order valence-corrected chi connectivity index (χ1v) is 6.69. The van der Waals surface area contributed by atoms with E-state index in [1.165, 1.54) is 18.2 Å². The normalized spacial score (nSPS) is 11.6. The Hall–Kier alpha value is -2.15. The predicted molar refractivity (Wildman–Crippen MR) is 62.6 cm³/mol. The van der Waals surface area contributed by atoms with Crippen molar-refractivity contribution in [2.24, 2.45) is 0 Å². The van der Waals surface area contributed by atoms with E-state index in [4.69, 9.17) is 9.52 Å². The van der Waals surface area contributed by atoms with E-state index in [2.05, 4.69) is 0 Å². The molecule has 2 aromatic rings. The Morgan fingerprint density at radius 3 is 2.50 bits per heavy atom. The molecule has 0 aliphatic carbocycles. The lowest BCUT2D eigenvalue weighted by Crippen LogP contribution is -2.07. The number of hydrogen-bond donors (Lipinski definition) is 1. The van der Waals surface area contributed by atoms with Crippen LogP contribution >= 0.6 is 0 Å². The molecule has 2 rings (SSSR count). The molecule has 1 aromatic heterocycles. The number of carboxylic acid groups (broad SMARTS) is 1. The standard InChI is InChI=1S/C11H8O6S/c1-18(15,16)6-2-3-9-7(4-6)8(12)5-10(17-9)11(13)14/h2-5H,1H3,(H,13,14). The highest BCUT2D eigenvalue weighted by molar-refractivity contribution is 7.90. The summed E-state index contributed by atoms with van der Waals surface area (Å²) in [5, 5.41) is 8.75. The maximum atomic E-state index is 11.7. The van der Waals surface area contributed by atoms with Crippen molar-refractivity contribution in [1.82, 2.24) is 0 Å².